The number of anilines is 1. The van der Waals surface area contributed by atoms with E-state index in [4.69, 9.17) is 0 Å². The molecule has 29 heavy (non-hydrogen) atoms. The van der Waals surface area contributed by atoms with Gasteiger partial charge in [-0.15, -0.1) is 0 Å². The molecule has 2 aromatic carbocycles. The molecule has 3 heterocycles. The van der Waals surface area contributed by atoms with Crippen LogP contribution in [0.2, 0.25) is 0 Å². The van der Waals surface area contributed by atoms with Crippen molar-refractivity contribution in [1.29, 1.82) is 0 Å². The van der Waals surface area contributed by atoms with Gasteiger partial charge in [0.05, 0.1) is 17.1 Å². The summed E-state index contributed by atoms with van der Waals surface area (Å²) in [5.74, 6) is -0.498. The number of aromatic amines is 1. The molecule has 0 bridgehead atoms. The Balaban J connectivity index is 1.43. The van der Waals surface area contributed by atoms with Crippen molar-refractivity contribution < 1.29 is 18.0 Å². The number of amides is 1. The summed E-state index contributed by atoms with van der Waals surface area (Å²) in [6, 6.07) is 12.0. The van der Waals surface area contributed by atoms with Gasteiger partial charge in [0.2, 0.25) is 0 Å². The van der Waals surface area contributed by atoms with Gasteiger partial charge in [0.15, 0.2) is 5.78 Å². The third kappa shape index (κ3) is 2.74. The summed E-state index contributed by atoms with van der Waals surface area (Å²) in [5, 5.41) is 1.46. The van der Waals surface area contributed by atoms with Crippen LogP contribution in [0.5, 0.6) is 0 Å². The second kappa shape index (κ2) is 6.45. The number of hydrogen-bond donors (Lipinski definition) is 1. The molecule has 7 nitrogen and oxygen atoms in total. The van der Waals surface area contributed by atoms with E-state index in [-0.39, 0.29) is 23.1 Å². The number of benzene rings is 2. The second-order valence-corrected chi connectivity index (χ2v) is 9.20. The smallest absolute Gasteiger partial charge is 0.270 e. The molecular formula is C21H19N3O4S. The van der Waals surface area contributed by atoms with Gasteiger partial charge in [0.1, 0.15) is 5.69 Å². The first-order valence-electron chi connectivity index (χ1n) is 9.52. The first kappa shape index (κ1) is 17.9. The highest BCUT2D eigenvalue weighted by Gasteiger charge is 2.37. The third-order valence-corrected chi connectivity index (χ3v) is 7.40. The number of nitrogens with one attached hydrogen (secondary N) is 1. The maximum Gasteiger partial charge on any atom is 0.270 e. The van der Waals surface area contributed by atoms with E-state index in [0.717, 1.165) is 35.6 Å². The van der Waals surface area contributed by atoms with E-state index in [1.807, 2.05) is 12.1 Å². The minimum absolute atomic E-state index is 0.132. The average Bonchev–Trinajstić information content (AvgIpc) is 3.45. The zero-order chi connectivity index (χ0) is 20.2. The molecule has 8 heteroatoms. The highest BCUT2D eigenvalue weighted by molar-refractivity contribution is 7.93. The summed E-state index contributed by atoms with van der Waals surface area (Å²) in [7, 11) is -3.80. The van der Waals surface area contributed by atoms with Crippen molar-refractivity contribution in [3.05, 3.63) is 59.9 Å². The number of carbonyl (C=O) groups is 2. The van der Waals surface area contributed by atoms with E-state index in [1.54, 1.807) is 29.2 Å². The predicted molar refractivity (Wildman–Crippen MR) is 109 cm³/mol. The van der Waals surface area contributed by atoms with E-state index in [9.17, 15) is 18.0 Å². The van der Waals surface area contributed by atoms with Gasteiger partial charge in [-0.25, -0.2) is 8.42 Å². The molecule has 3 aromatic rings. The van der Waals surface area contributed by atoms with E-state index in [2.05, 4.69) is 4.98 Å². The Labute approximate surface area is 168 Å². The third-order valence-electron chi connectivity index (χ3n) is 5.60. The van der Waals surface area contributed by atoms with Crippen molar-refractivity contribution in [2.45, 2.75) is 17.7 Å². The summed E-state index contributed by atoms with van der Waals surface area (Å²) < 4.78 is 27.2. The topological polar surface area (TPSA) is 90.5 Å². The normalized spacial score (nSPS) is 17.2. The van der Waals surface area contributed by atoms with Gasteiger partial charge < -0.3 is 9.88 Å². The van der Waals surface area contributed by atoms with E-state index < -0.39 is 10.0 Å². The Morgan fingerprint density at radius 2 is 1.76 bits per heavy atom. The number of carbonyl (C=O) groups excluding carboxylic acids is 2. The van der Waals surface area contributed by atoms with Gasteiger partial charge in [0.25, 0.3) is 15.9 Å². The summed E-state index contributed by atoms with van der Waals surface area (Å²) in [6.45, 7) is 1.12. The molecule has 0 unspecified atom stereocenters. The monoisotopic (exact) mass is 409 g/mol. The Hall–Kier alpha value is -3.13. The summed E-state index contributed by atoms with van der Waals surface area (Å²) in [4.78, 5) is 30.2. The van der Waals surface area contributed by atoms with Crippen LogP contribution in [0.3, 0.4) is 0 Å². The van der Waals surface area contributed by atoms with Crippen LogP contribution in [-0.4, -0.2) is 49.6 Å². The molecular weight excluding hydrogens is 390 g/mol. The van der Waals surface area contributed by atoms with E-state index >= 15 is 0 Å². The van der Waals surface area contributed by atoms with Gasteiger partial charge in [-0.1, -0.05) is 24.3 Å². The van der Waals surface area contributed by atoms with Gasteiger partial charge in [0, 0.05) is 30.2 Å². The lowest BCUT2D eigenvalue weighted by Gasteiger charge is -2.17. The number of aromatic nitrogens is 1. The van der Waals surface area contributed by atoms with Crippen molar-refractivity contribution in [2.24, 2.45) is 0 Å². The van der Waals surface area contributed by atoms with Gasteiger partial charge >= 0.3 is 0 Å². The molecule has 0 radical (unpaired) electrons. The molecule has 148 valence electrons. The molecule has 2 aliphatic rings. The van der Waals surface area contributed by atoms with Crippen molar-refractivity contribution in [3.63, 3.8) is 0 Å². The highest BCUT2D eigenvalue weighted by atomic mass is 32.2. The molecule has 1 saturated heterocycles. The van der Waals surface area contributed by atoms with Crippen molar-refractivity contribution in [2.75, 3.05) is 23.9 Å². The lowest BCUT2D eigenvalue weighted by molar-refractivity contribution is 0.0787. The molecule has 0 spiro atoms. The van der Waals surface area contributed by atoms with Gasteiger partial charge in [-0.05, 0) is 36.4 Å². The maximum atomic E-state index is 13.0. The molecule has 0 atom stereocenters. The standard InChI is InChI=1S/C21H19N3O4S/c25-18(15-11-16(22-12-15)21(26)23-9-1-2-10-23)13-24-17-7-3-5-14-6-4-8-19(20(14)17)29(24,27)28/h3-8,11-12,22H,1-2,9-10,13H2. The van der Waals surface area contributed by atoms with E-state index in [0.29, 0.717) is 22.3 Å². The zero-order valence-electron chi connectivity index (χ0n) is 15.6. The zero-order valence-corrected chi connectivity index (χ0v) is 16.4. The number of rotatable bonds is 4. The number of hydrogen-bond acceptors (Lipinski definition) is 4. The largest absolute Gasteiger partial charge is 0.356 e. The first-order valence-corrected chi connectivity index (χ1v) is 11.0. The quantitative estimate of drug-likeness (QED) is 0.671. The second-order valence-electron chi connectivity index (χ2n) is 7.37. The fourth-order valence-corrected chi connectivity index (χ4v) is 5.79. The maximum absolute atomic E-state index is 13.0. The summed E-state index contributed by atoms with van der Waals surface area (Å²) in [5.41, 5.74) is 1.16. The molecule has 0 aliphatic carbocycles. The van der Waals surface area contributed by atoms with Crippen molar-refractivity contribution >= 4 is 38.2 Å². The van der Waals surface area contributed by atoms with E-state index in [1.165, 1.54) is 12.3 Å². The first-order chi connectivity index (χ1) is 14.0. The number of likely N-dealkylation sites (tertiary alicyclic amines) is 1. The molecule has 1 fully saturated rings. The Bertz CT molecular complexity index is 1250. The highest BCUT2D eigenvalue weighted by Crippen LogP contribution is 2.41. The molecule has 0 saturated carbocycles. The molecule has 1 amide bonds. The number of sulfonamides is 1. The van der Waals surface area contributed by atoms with Crippen LogP contribution in [0.15, 0.2) is 53.6 Å². The Morgan fingerprint density at radius 3 is 2.52 bits per heavy atom. The van der Waals surface area contributed by atoms with Gasteiger partial charge in [-0.3, -0.25) is 13.9 Å². The van der Waals surface area contributed by atoms with Crippen LogP contribution in [0.1, 0.15) is 33.7 Å². The Kier molecular flexibility index (Phi) is 3.99. The van der Waals surface area contributed by atoms with Crippen LogP contribution >= 0.6 is 0 Å². The molecule has 1 N–H and O–H groups in total. The molecule has 1 aromatic heterocycles. The van der Waals surface area contributed by atoms with Gasteiger partial charge in [-0.2, -0.15) is 0 Å². The van der Waals surface area contributed by atoms with Crippen LogP contribution in [-0.2, 0) is 10.0 Å². The van der Waals surface area contributed by atoms with Crippen LogP contribution in [0.4, 0.5) is 5.69 Å². The lowest BCUT2D eigenvalue weighted by Crippen LogP contribution is -2.32. The fourth-order valence-electron chi connectivity index (χ4n) is 4.12. The number of ketones is 1. The van der Waals surface area contributed by atoms with Crippen LogP contribution < -0.4 is 4.31 Å². The fraction of sp³-hybridized carbons (Fsp3) is 0.238. The summed E-state index contributed by atoms with van der Waals surface area (Å²) in [6.07, 6.45) is 3.44. The Morgan fingerprint density at radius 1 is 1.03 bits per heavy atom. The molecule has 2 aliphatic heterocycles. The minimum Gasteiger partial charge on any atom is -0.356 e. The SMILES string of the molecule is O=C(CN1c2cccc3cccc(c23)S1(=O)=O)c1c[nH]c(C(=O)N2CCCC2)c1. The van der Waals surface area contributed by atoms with Crippen molar-refractivity contribution in [1.82, 2.24) is 9.88 Å². The number of nitrogens with zero attached hydrogens (tertiary/aromatic N) is 2. The lowest BCUT2D eigenvalue weighted by atomic mass is 10.1. The average molecular weight is 409 g/mol. The predicted octanol–water partition coefficient (Wildman–Crippen LogP) is 2.80. The minimum atomic E-state index is -3.80. The van der Waals surface area contributed by atoms with Crippen LogP contribution in [0.25, 0.3) is 10.8 Å². The number of H-pyrrole nitrogens is 1. The molecule has 5 rings (SSSR count). The van der Waals surface area contributed by atoms with Crippen molar-refractivity contribution in [3.8, 4) is 0 Å². The van der Waals surface area contributed by atoms with Crippen LogP contribution in [0, 0.1) is 0 Å². The number of Topliss-reactive ketones (excluding diaryl/α,β-unsaturated/α-hetero) is 1. The summed E-state index contributed by atoms with van der Waals surface area (Å²) >= 11 is 0.